The molecule has 0 saturated carbocycles. The molecule has 0 aliphatic rings. The fourth-order valence-electron chi connectivity index (χ4n) is 1.02. The number of hydrogen-bond acceptors (Lipinski definition) is 5. The number of hydrogen-bond donors (Lipinski definition) is 1. The van der Waals surface area contributed by atoms with E-state index in [2.05, 4.69) is 15.5 Å². The molecule has 1 rings (SSSR count). The number of carbonyl (C=O) groups is 1. The van der Waals surface area contributed by atoms with E-state index in [0.29, 0.717) is 12.4 Å². The maximum atomic E-state index is 11.3. The van der Waals surface area contributed by atoms with Gasteiger partial charge in [-0.3, -0.25) is 0 Å². The lowest BCUT2D eigenvalue weighted by atomic mass is 10.3. The smallest absolute Gasteiger partial charge is 0.328 e. The zero-order chi connectivity index (χ0) is 11.3. The molecule has 0 amide bonds. The van der Waals surface area contributed by atoms with Crippen LogP contribution in [-0.2, 0) is 9.53 Å². The van der Waals surface area contributed by atoms with Crippen LogP contribution < -0.4 is 5.32 Å². The summed E-state index contributed by atoms with van der Waals surface area (Å²) in [5.41, 5.74) is 0.837. The fourth-order valence-corrected chi connectivity index (χ4v) is 1.02. The maximum absolute atomic E-state index is 11.3. The number of aromatic nitrogens is 2. The van der Waals surface area contributed by atoms with Crippen LogP contribution in [0.15, 0.2) is 12.1 Å². The number of esters is 1. The molecule has 1 N–H and O–H groups in total. The van der Waals surface area contributed by atoms with E-state index >= 15 is 0 Å². The van der Waals surface area contributed by atoms with Crippen LogP contribution in [0.5, 0.6) is 0 Å². The summed E-state index contributed by atoms with van der Waals surface area (Å²) in [4.78, 5) is 11.3. The van der Waals surface area contributed by atoms with Gasteiger partial charge in [0.25, 0.3) is 0 Å². The summed E-state index contributed by atoms with van der Waals surface area (Å²) in [5, 5.41) is 10.7. The Morgan fingerprint density at radius 1 is 1.53 bits per heavy atom. The van der Waals surface area contributed by atoms with Gasteiger partial charge in [0, 0.05) is 0 Å². The molecule has 1 aromatic rings. The number of aryl methyl sites for hydroxylation is 1. The topological polar surface area (TPSA) is 64.1 Å². The van der Waals surface area contributed by atoms with Crippen molar-refractivity contribution in [3.63, 3.8) is 0 Å². The van der Waals surface area contributed by atoms with Crippen LogP contribution in [0.2, 0.25) is 0 Å². The Kier molecular flexibility index (Phi) is 4.03. The van der Waals surface area contributed by atoms with Gasteiger partial charge in [-0.1, -0.05) is 0 Å². The summed E-state index contributed by atoms with van der Waals surface area (Å²) in [6, 6.07) is 3.19. The summed E-state index contributed by atoms with van der Waals surface area (Å²) in [6.07, 6.45) is 0. The van der Waals surface area contributed by atoms with Gasteiger partial charge in [0.15, 0.2) is 0 Å². The molecular formula is C10H15N3O2. The normalized spacial score (nSPS) is 11.9. The van der Waals surface area contributed by atoms with E-state index in [1.165, 1.54) is 0 Å². The van der Waals surface area contributed by atoms with Crippen molar-refractivity contribution in [2.45, 2.75) is 26.8 Å². The zero-order valence-electron chi connectivity index (χ0n) is 9.15. The van der Waals surface area contributed by atoms with E-state index in [1.54, 1.807) is 19.9 Å². The van der Waals surface area contributed by atoms with E-state index < -0.39 is 6.04 Å². The monoisotopic (exact) mass is 209 g/mol. The molecule has 1 unspecified atom stereocenters. The van der Waals surface area contributed by atoms with Crippen molar-refractivity contribution in [1.29, 1.82) is 0 Å². The minimum Gasteiger partial charge on any atom is -0.464 e. The van der Waals surface area contributed by atoms with Crippen molar-refractivity contribution in [3.05, 3.63) is 17.8 Å². The van der Waals surface area contributed by atoms with Crippen molar-refractivity contribution >= 4 is 11.8 Å². The Bertz CT molecular complexity index is 324. The molecule has 0 radical (unpaired) electrons. The lowest BCUT2D eigenvalue weighted by Crippen LogP contribution is -2.28. The van der Waals surface area contributed by atoms with E-state index in [4.69, 9.17) is 4.74 Å². The Labute approximate surface area is 88.9 Å². The first-order valence-corrected chi connectivity index (χ1v) is 4.87. The second kappa shape index (κ2) is 5.29. The number of nitrogens with one attached hydrogen (secondary N) is 1. The molecule has 0 bridgehead atoms. The number of anilines is 1. The highest BCUT2D eigenvalue weighted by Crippen LogP contribution is 2.04. The lowest BCUT2D eigenvalue weighted by Gasteiger charge is -2.12. The largest absolute Gasteiger partial charge is 0.464 e. The Morgan fingerprint density at radius 3 is 2.80 bits per heavy atom. The summed E-state index contributed by atoms with van der Waals surface area (Å²) in [6.45, 7) is 5.73. The van der Waals surface area contributed by atoms with Crippen LogP contribution >= 0.6 is 0 Å². The van der Waals surface area contributed by atoms with E-state index in [0.717, 1.165) is 5.69 Å². The first-order chi connectivity index (χ1) is 7.13. The molecular weight excluding hydrogens is 194 g/mol. The van der Waals surface area contributed by atoms with Crippen LogP contribution in [0.25, 0.3) is 0 Å². The molecule has 0 aromatic carbocycles. The SMILES string of the molecule is CCOC(=O)C(C)Nc1ccc(C)nn1. The minimum atomic E-state index is -0.415. The highest BCUT2D eigenvalue weighted by Gasteiger charge is 2.13. The number of nitrogens with zero attached hydrogens (tertiary/aromatic N) is 2. The van der Waals surface area contributed by atoms with Gasteiger partial charge in [-0.2, -0.15) is 5.10 Å². The zero-order valence-corrected chi connectivity index (χ0v) is 9.15. The average molecular weight is 209 g/mol. The third-order valence-corrected chi connectivity index (χ3v) is 1.80. The van der Waals surface area contributed by atoms with Gasteiger partial charge in [-0.15, -0.1) is 5.10 Å². The molecule has 1 aromatic heterocycles. The Morgan fingerprint density at radius 2 is 2.27 bits per heavy atom. The van der Waals surface area contributed by atoms with Crippen molar-refractivity contribution < 1.29 is 9.53 Å². The molecule has 5 nitrogen and oxygen atoms in total. The second-order valence-corrected chi connectivity index (χ2v) is 3.18. The van der Waals surface area contributed by atoms with Crippen molar-refractivity contribution in [2.24, 2.45) is 0 Å². The summed E-state index contributed by atoms with van der Waals surface area (Å²) < 4.78 is 4.85. The molecule has 5 heteroatoms. The molecule has 0 fully saturated rings. The van der Waals surface area contributed by atoms with Crippen molar-refractivity contribution in [2.75, 3.05) is 11.9 Å². The standard InChI is InChI=1S/C10H15N3O2/c1-4-15-10(14)8(3)11-9-6-5-7(2)12-13-9/h5-6,8H,4H2,1-3H3,(H,11,13). The summed E-state index contributed by atoms with van der Waals surface area (Å²) in [5.74, 6) is 0.279. The van der Waals surface area contributed by atoms with Crippen molar-refractivity contribution in [3.8, 4) is 0 Å². The van der Waals surface area contributed by atoms with Gasteiger partial charge in [-0.25, -0.2) is 4.79 Å². The van der Waals surface area contributed by atoms with Gasteiger partial charge in [0.2, 0.25) is 0 Å². The van der Waals surface area contributed by atoms with Crippen LogP contribution in [0.3, 0.4) is 0 Å². The average Bonchev–Trinajstić information content (AvgIpc) is 2.22. The summed E-state index contributed by atoms with van der Waals surface area (Å²) in [7, 11) is 0. The van der Waals surface area contributed by atoms with Gasteiger partial charge in [-0.05, 0) is 32.9 Å². The van der Waals surface area contributed by atoms with Gasteiger partial charge >= 0.3 is 5.97 Å². The number of carbonyl (C=O) groups excluding carboxylic acids is 1. The second-order valence-electron chi connectivity index (χ2n) is 3.18. The van der Waals surface area contributed by atoms with Crippen molar-refractivity contribution in [1.82, 2.24) is 10.2 Å². The molecule has 0 aliphatic carbocycles. The molecule has 0 saturated heterocycles. The number of ether oxygens (including phenoxy) is 1. The lowest BCUT2D eigenvalue weighted by molar-refractivity contribution is -0.143. The quantitative estimate of drug-likeness (QED) is 0.753. The Hall–Kier alpha value is -1.65. The van der Waals surface area contributed by atoms with E-state index in [-0.39, 0.29) is 5.97 Å². The van der Waals surface area contributed by atoms with Crippen LogP contribution in [-0.4, -0.2) is 28.8 Å². The molecule has 82 valence electrons. The van der Waals surface area contributed by atoms with Crippen LogP contribution in [0.1, 0.15) is 19.5 Å². The van der Waals surface area contributed by atoms with Gasteiger partial charge in [0.05, 0.1) is 12.3 Å². The predicted molar refractivity (Wildman–Crippen MR) is 56.5 cm³/mol. The summed E-state index contributed by atoms with van der Waals surface area (Å²) >= 11 is 0. The molecule has 15 heavy (non-hydrogen) atoms. The van der Waals surface area contributed by atoms with Crippen LogP contribution in [0.4, 0.5) is 5.82 Å². The molecule has 1 atom stereocenters. The predicted octanol–water partition coefficient (Wildman–Crippen LogP) is 1.15. The van der Waals surface area contributed by atoms with E-state index in [1.807, 2.05) is 13.0 Å². The molecule has 0 aliphatic heterocycles. The first kappa shape index (κ1) is 11.4. The maximum Gasteiger partial charge on any atom is 0.328 e. The molecule has 0 spiro atoms. The van der Waals surface area contributed by atoms with E-state index in [9.17, 15) is 4.79 Å². The minimum absolute atomic E-state index is 0.292. The fraction of sp³-hybridized carbons (Fsp3) is 0.500. The van der Waals surface area contributed by atoms with Gasteiger partial charge < -0.3 is 10.1 Å². The first-order valence-electron chi connectivity index (χ1n) is 4.87. The van der Waals surface area contributed by atoms with Crippen LogP contribution in [0, 0.1) is 6.92 Å². The third kappa shape index (κ3) is 3.53. The van der Waals surface area contributed by atoms with Gasteiger partial charge in [0.1, 0.15) is 11.9 Å². The Balaban J connectivity index is 2.54. The highest BCUT2D eigenvalue weighted by atomic mass is 16.5. The third-order valence-electron chi connectivity index (χ3n) is 1.80. The molecule has 1 heterocycles. The highest BCUT2D eigenvalue weighted by molar-refractivity contribution is 5.78. The number of rotatable bonds is 4.